The summed E-state index contributed by atoms with van der Waals surface area (Å²) in [4.78, 5) is 38.8. The zero-order valence-electron chi connectivity index (χ0n) is 15.8. The number of thioether (sulfide) groups is 1. The van der Waals surface area contributed by atoms with Crippen molar-refractivity contribution < 1.29 is 9.72 Å². The Hall–Kier alpha value is -3.01. The average Bonchev–Trinajstić information content (AvgIpc) is 3.09. The Kier molecular flexibility index (Phi) is 5.88. The Labute approximate surface area is 166 Å². The van der Waals surface area contributed by atoms with Crippen molar-refractivity contribution in [2.24, 2.45) is 0 Å². The Balaban J connectivity index is 1.85. The summed E-state index contributed by atoms with van der Waals surface area (Å²) in [6, 6.07) is 2.50. The van der Waals surface area contributed by atoms with Gasteiger partial charge < -0.3 is 4.90 Å². The number of anilines is 1. The number of amides is 2. The number of hydrogen-bond acceptors (Lipinski definition) is 7. The molecule has 2 aromatic rings. The number of rotatable bonds is 5. The van der Waals surface area contributed by atoms with Gasteiger partial charge in [0.15, 0.2) is 0 Å². The zero-order chi connectivity index (χ0) is 20.3. The molecule has 0 saturated heterocycles. The lowest BCUT2D eigenvalue weighted by Gasteiger charge is -2.16. The van der Waals surface area contributed by atoms with Gasteiger partial charge in [0, 0.05) is 22.7 Å². The maximum absolute atomic E-state index is 12.7. The topological polar surface area (TPSA) is 114 Å². The predicted octanol–water partition coefficient (Wildman–Crippen LogP) is 3.75. The van der Waals surface area contributed by atoms with Gasteiger partial charge in [0.1, 0.15) is 5.82 Å². The molecule has 3 heterocycles. The van der Waals surface area contributed by atoms with Crippen molar-refractivity contribution in [1.29, 1.82) is 0 Å². The third kappa shape index (κ3) is 4.11. The average molecular weight is 400 g/mol. The SMILES string of the molecule is CC/C=C(\SC)c1ccc([N+](=O)[O-])c(NC(=O)N2Cc3cnc(C)nc3C2)n1. The van der Waals surface area contributed by atoms with Crippen LogP contribution < -0.4 is 5.32 Å². The largest absolute Gasteiger partial charge is 0.323 e. The standard InChI is InChI=1S/C18H20N6O3S/c1-4-5-16(28-3)13-6-7-15(24(26)27)17(21-13)22-18(25)23-9-12-8-19-11(2)20-14(12)10-23/h5-8H,4,9-10H2,1-3H3,(H,21,22,25)/b16-5-. The number of carbonyl (C=O) groups excluding carboxylic acids is 1. The Morgan fingerprint density at radius 2 is 2.18 bits per heavy atom. The van der Waals surface area contributed by atoms with Crippen LogP contribution in [0, 0.1) is 17.0 Å². The van der Waals surface area contributed by atoms with E-state index in [-0.39, 0.29) is 11.5 Å². The molecular weight excluding hydrogens is 380 g/mol. The van der Waals surface area contributed by atoms with Gasteiger partial charge in [0.05, 0.1) is 29.4 Å². The van der Waals surface area contributed by atoms with Crippen LogP contribution >= 0.6 is 11.8 Å². The number of nitrogens with one attached hydrogen (secondary N) is 1. The molecule has 0 aliphatic carbocycles. The number of aryl methyl sites for hydroxylation is 1. The lowest BCUT2D eigenvalue weighted by molar-refractivity contribution is -0.384. The summed E-state index contributed by atoms with van der Waals surface area (Å²) in [7, 11) is 0. The number of aromatic nitrogens is 3. The number of allylic oxidation sites excluding steroid dienone is 1. The van der Waals surface area contributed by atoms with E-state index >= 15 is 0 Å². The number of nitro groups is 1. The Bertz CT molecular complexity index is 962. The minimum absolute atomic E-state index is 0.0678. The van der Waals surface area contributed by atoms with Crippen LogP contribution in [-0.2, 0) is 13.1 Å². The highest BCUT2D eigenvalue weighted by Gasteiger charge is 2.27. The van der Waals surface area contributed by atoms with Crippen LogP contribution in [0.2, 0.25) is 0 Å². The highest BCUT2D eigenvalue weighted by Crippen LogP contribution is 2.30. The fraction of sp³-hybridized carbons (Fsp3) is 0.333. The molecule has 0 atom stereocenters. The molecule has 0 unspecified atom stereocenters. The van der Waals surface area contributed by atoms with Crippen molar-refractivity contribution in [3.63, 3.8) is 0 Å². The maximum Gasteiger partial charge on any atom is 0.323 e. The molecule has 3 rings (SSSR count). The zero-order valence-corrected chi connectivity index (χ0v) is 16.6. The van der Waals surface area contributed by atoms with Gasteiger partial charge in [-0.2, -0.15) is 0 Å². The first kappa shape index (κ1) is 19.7. The number of fused-ring (bicyclic) bond motifs is 1. The molecule has 0 saturated carbocycles. The summed E-state index contributed by atoms with van der Waals surface area (Å²) in [6.45, 7) is 4.46. The first-order valence-corrected chi connectivity index (χ1v) is 9.92. The van der Waals surface area contributed by atoms with Gasteiger partial charge in [-0.15, -0.1) is 11.8 Å². The summed E-state index contributed by atoms with van der Waals surface area (Å²) in [6.07, 6.45) is 6.41. The molecule has 1 aliphatic heterocycles. The molecule has 9 nitrogen and oxygen atoms in total. The quantitative estimate of drug-likeness (QED) is 0.600. The van der Waals surface area contributed by atoms with Crippen LogP contribution in [0.5, 0.6) is 0 Å². The number of pyridine rings is 1. The second-order valence-electron chi connectivity index (χ2n) is 6.18. The van der Waals surface area contributed by atoms with Crippen LogP contribution in [-0.4, -0.2) is 37.1 Å². The summed E-state index contributed by atoms with van der Waals surface area (Å²) in [5.74, 6) is 0.570. The Morgan fingerprint density at radius 3 is 2.86 bits per heavy atom. The highest BCUT2D eigenvalue weighted by atomic mass is 32.2. The molecule has 10 heteroatoms. The summed E-state index contributed by atoms with van der Waals surface area (Å²) in [5.41, 5.74) is 1.99. The lowest BCUT2D eigenvalue weighted by atomic mass is 10.2. The van der Waals surface area contributed by atoms with Gasteiger partial charge >= 0.3 is 11.7 Å². The molecule has 0 fully saturated rings. The van der Waals surface area contributed by atoms with Crippen molar-refractivity contribution in [3.05, 3.63) is 57.3 Å². The summed E-state index contributed by atoms with van der Waals surface area (Å²) < 4.78 is 0. The van der Waals surface area contributed by atoms with Crippen LogP contribution in [0.15, 0.2) is 24.4 Å². The second kappa shape index (κ2) is 8.34. The lowest BCUT2D eigenvalue weighted by Crippen LogP contribution is -2.31. The van der Waals surface area contributed by atoms with Gasteiger partial charge in [0.25, 0.3) is 0 Å². The molecule has 0 radical (unpaired) electrons. The van der Waals surface area contributed by atoms with Gasteiger partial charge in [0.2, 0.25) is 5.82 Å². The highest BCUT2D eigenvalue weighted by molar-refractivity contribution is 8.07. The van der Waals surface area contributed by atoms with E-state index < -0.39 is 11.0 Å². The molecular formula is C18H20N6O3S. The molecule has 1 aliphatic rings. The molecule has 0 aromatic carbocycles. The van der Waals surface area contributed by atoms with E-state index in [1.165, 1.54) is 22.7 Å². The van der Waals surface area contributed by atoms with E-state index in [9.17, 15) is 14.9 Å². The van der Waals surface area contributed by atoms with E-state index in [1.807, 2.05) is 19.3 Å². The van der Waals surface area contributed by atoms with Gasteiger partial charge in [-0.1, -0.05) is 13.0 Å². The molecule has 28 heavy (non-hydrogen) atoms. The van der Waals surface area contributed by atoms with Crippen LogP contribution in [0.1, 0.15) is 36.1 Å². The van der Waals surface area contributed by atoms with E-state index in [1.54, 1.807) is 19.2 Å². The van der Waals surface area contributed by atoms with Crippen molar-refractivity contribution in [2.45, 2.75) is 33.4 Å². The van der Waals surface area contributed by atoms with Gasteiger partial charge in [-0.05, 0) is 25.7 Å². The van der Waals surface area contributed by atoms with E-state index in [4.69, 9.17) is 0 Å². The van der Waals surface area contributed by atoms with Gasteiger partial charge in [-0.25, -0.2) is 19.7 Å². The van der Waals surface area contributed by atoms with E-state index in [2.05, 4.69) is 20.3 Å². The summed E-state index contributed by atoms with van der Waals surface area (Å²) in [5, 5.41) is 14.0. The molecule has 0 spiro atoms. The maximum atomic E-state index is 12.7. The fourth-order valence-corrected chi connectivity index (χ4v) is 3.54. The van der Waals surface area contributed by atoms with Crippen LogP contribution in [0.25, 0.3) is 4.91 Å². The number of urea groups is 1. The number of carbonyl (C=O) groups is 1. The van der Waals surface area contributed by atoms with E-state index in [0.717, 1.165) is 22.6 Å². The molecule has 0 bridgehead atoms. The van der Waals surface area contributed by atoms with Gasteiger partial charge in [-0.3, -0.25) is 15.4 Å². The fourth-order valence-electron chi connectivity index (χ4n) is 2.88. The van der Waals surface area contributed by atoms with Crippen molar-refractivity contribution in [3.8, 4) is 0 Å². The Morgan fingerprint density at radius 1 is 1.39 bits per heavy atom. The molecule has 2 aromatic heterocycles. The predicted molar refractivity (Wildman–Crippen MR) is 108 cm³/mol. The third-order valence-corrected chi connectivity index (χ3v) is 5.04. The van der Waals surface area contributed by atoms with Crippen molar-refractivity contribution in [2.75, 3.05) is 11.6 Å². The monoisotopic (exact) mass is 400 g/mol. The third-order valence-electron chi connectivity index (χ3n) is 4.22. The first-order valence-electron chi connectivity index (χ1n) is 8.70. The van der Waals surface area contributed by atoms with Crippen LogP contribution in [0.4, 0.5) is 16.3 Å². The minimum atomic E-state index is -0.553. The molecule has 2 amide bonds. The van der Waals surface area contributed by atoms with E-state index in [0.29, 0.717) is 24.6 Å². The molecule has 1 N–H and O–H groups in total. The smallest absolute Gasteiger partial charge is 0.314 e. The molecule has 146 valence electrons. The number of hydrogen-bond donors (Lipinski definition) is 1. The first-order chi connectivity index (χ1) is 13.4. The minimum Gasteiger partial charge on any atom is -0.314 e. The van der Waals surface area contributed by atoms with Crippen molar-refractivity contribution >= 4 is 34.2 Å². The normalized spacial score (nSPS) is 13.4. The van der Waals surface area contributed by atoms with Crippen LogP contribution in [0.3, 0.4) is 0 Å². The number of nitrogens with zero attached hydrogens (tertiary/aromatic N) is 5. The second-order valence-corrected chi connectivity index (χ2v) is 7.03. The van der Waals surface area contributed by atoms with Crippen molar-refractivity contribution in [1.82, 2.24) is 19.9 Å². The summed E-state index contributed by atoms with van der Waals surface area (Å²) >= 11 is 1.50.